The minimum absolute atomic E-state index is 0.195. The number of carbonyl (C=O) groups is 1. The first-order chi connectivity index (χ1) is 10.2. The highest BCUT2D eigenvalue weighted by Crippen LogP contribution is 2.31. The Bertz CT molecular complexity index is 707. The zero-order valence-electron chi connectivity index (χ0n) is 12.1. The van der Waals surface area contributed by atoms with Crippen LogP contribution in [0.3, 0.4) is 0 Å². The van der Waals surface area contributed by atoms with Gasteiger partial charge in [-0.3, -0.25) is 4.79 Å². The van der Waals surface area contributed by atoms with E-state index in [9.17, 15) is 4.79 Å². The number of fused-ring (bicyclic) bond motifs is 1. The van der Waals surface area contributed by atoms with Gasteiger partial charge in [-0.25, -0.2) is 4.68 Å². The van der Waals surface area contributed by atoms with E-state index in [1.54, 1.807) is 13.2 Å². The lowest BCUT2D eigenvalue weighted by molar-refractivity contribution is 0.0971. The van der Waals surface area contributed by atoms with E-state index in [4.69, 9.17) is 16.3 Å². The maximum Gasteiger partial charge on any atom is 0.166 e. The normalized spacial score (nSPS) is 14.1. The Morgan fingerprint density at radius 3 is 2.90 bits per heavy atom. The minimum atomic E-state index is 0.195. The van der Waals surface area contributed by atoms with Crippen LogP contribution in [0.1, 0.15) is 41.5 Å². The number of hydrogen-bond acceptors (Lipinski definition) is 3. The largest absolute Gasteiger partial charge is 0.494 e. The van der Waals surface area contributed by atoms with E-state index >= 15 is 0 Å². The monoisotopic (exact) mass is 304 g/mol. The Labute approximate surface area is 128 Å². The first kappa shape index (κ1) is 14.1. The van der Waals surface area contributed by atoms with Crippen molar-refractivity contribution in [2.75, 3.05) is 7.11 Å². The molecule has 0 spiro atoms. The van der Waals surface area contributed by atoms with Crippen LogP contribution in [0.15, 0.2) is 18.2 Å². The Morgan fingerprint density at radius 1 is 1.38 bits per heavy atom. The van der Waals surface area contributed by atoms with Gasteiger partial charge in [-0.1, -0.05) is 18.5 Å². The first-order valence-electron chi connectivity index (χ1n) is 7.13. The zero-order chi connectivity index (χ0) is 15.0. The molecular weight excluding hydrogens is 288 g/mol. The van der Waals surface area contributed by atoms with Crippen molar-refractivity contribution < 1.29 is 9.53 Å². The number of ketones is 1. The molecule has 21 heavy (non-hydrogen) atoms. The van der Waals surface area contributed by atoms with Crippen LogP contribution in [0.4, 0.5) is 0 Å². The number of methoxy groups -OCH3 is 1. The molecule has 2 aromatic rings. The van der Waals surface area contributed by atoms with Crippen LogP contribution in [0.25, 0.3) is 5.69 Å². The van der Waals surface area contributed by atoms with E-state index in [2.05, 4.69) is 5.10 Å². The predicted molar refractivity (Wildman–Crippen MR) is 81.8 cm³/mol. The van der Waals surface area contributed by atoms with Gasteiger partial charge in [0.15, 0.2) is 5.78 Å². The molecule has 0 N–H and O–H groups in total. The molecule has 1 heterocycles. The Kier molecular flexibility index (Phi) is 3.72. The van der Waals surface area contributed by atoms with E-state index < -0.39 is 0 Å². The second-order valence-electron chi connectivity index (χ2n) is 5.13. The summed E-state index contributed by atoms with van der Waals surface area (Å²) in [7, 11) is 1.62. The summed E-state index contributed by atoms with van der Waals surface area (Å²) in [5.41, 5.74) is 3.41. The smallest absolute Gasteiger partial charge is 0.166 e. The summed E-state index contributed by atoms with van der Waals surface area (Å²) in [6, 6.07) is 5.42. The fourth-order valence-corrected chi connectivity index (χ4v) is 3.06. The van der Waals surface area contributed by atoms with Gasteiger partial charge in [0.1, 0.15) is 11.4 Å². The summed E-state index contributed by atoms with van der Waals surface area (Å²) >= 11 is 6.11. The molecule has 0 atom stereocenters. The van der Waals surface area contributed by atoms with Crippen LogP contribution in [0.2, 0.25) is 5.02 Å². The van der Waals surface area contributed by atoms with Crippen LogP contribution < -0.4 is 4.74 Å². The summed E-state index contributed by atoms with van der Waals surface area (Å²) in [6.45, 7) is 2.03. The maximum atomic E-state index is 12.2. The molecule has 1 aliphatic rings. The number of aryl methyl sites for hydroxylation is 1. The third kappa shape index (κ3) is 2.33. The first-order valence-corrected chi connectivity index (χ1v) is 7.51. The summed E-state index contributed by atoms with van der Waals surface area (Å²) in [5, 5.41) is 5.27. The van der Waals surface area contributed by atoms with Crippen molar-refractivity contribution in [2.45, 2.75) is 32.6 Å². The lowest BCUT2D eigenvalue weighted by Crippen LogP contribution is -2.11. The topological polar surface area (TPSA) is 44.1 Å². The quantitative estimate of drug-likeness (QED) is 0.870. The third-order valence-corrected chi connectivity index (χ3v) is 4.09. The van der Waals surface area contributed by atoms with Crippen LogP contribution in [-0.2, 0) is 12.8 Å². The number of nitrogens with zero attached hydrogens (tertiary/aromatic N) is 2. The SMILES string of the molecule is CCc1c2c(nn1-c1cc(Cl)ccc1OC)CCCC2=O. The number of carbonyl (C=O) groups excluding carboxylic acids is 1. The number of aromatic nitrogens is 2. The summed E-state index contributed by atoms with van der Waals surface area (Å²) < 4.78 is 7.23. The van der Waals surface area contributed by atoms with Gasteiger partial charge in [0.2, 0.25) is 0 Å². The average molecular weight is 305 g/mol. The molecule has 1 aliphatic carbocycles. The molecule has 0 bridgehead atoms. The minimum Gasteiger partial charge on any atom is -0.494 e. The van der Waals surface area contributed by atoms with Gasteiger partial charge in [0, 0.05) is 11.4 Å². The average Bonchev–Trinajstić information content (AvgIpc) is 2.87. The van der Waals surface area contributed by atoms with Crippen LogP contribution in [0, 0.1) is 0 Å². The van der Waals surface area contributed by atoms with Gasteiger partial charge in [-0.15, -0.1) is 0 Å². The molecular formula is C16H17ClN2O2. The fraction of sp³-hybridized carbons (Fsp3) is 0.375. The van der Waals surface area contributed by atoms with Crippen molar-refractivity contribution in [3.63, 3.8) is 0 Å². The van der Waals surface area contributed by atoms with Crippen LogP contribution >= 0.6 is 11.6 Å². The highest BCUT2D eigenvalue weighted by molar-refractivity contribution is 6.30. The number of benzene rings is 1. The molecule has 0 saturated heterocycles. The van der Waals surface area contributed by atoms with Gasteiger partial charge >= 0.3 is 0 Å². The molecule has 0 amide bonds. The van der Waals surface area contributed by atoms with Crippen molar-refractivity contribution >= 4 is 17.4 Å². The zero-order valence-corrected chi connectivity index (χ0v) is 12.9. The van der Waals surface area contributed by atoms with Gasteiger partial charge in [-0.2, -0.15) is 5.10 Å². The Morgan fingerprint density at radius 2 is 2.19 bits per heavy atom. The second kappa shape index (κ2) is 5.53. The third-order valence-electron chi connectivity index (χ3n) is 3.85. The predicted octanol–water partition coefficient (Wildman–Crippen LogP) is 3.62. The number of ether oxygens (including phenoxy) is 1. The lowest BCUT2D eigenvalue weighted by atomic mass is 9.94. The van der Waals surface area contributed by atoms with Crippen molar-refractivity contribution in [3.8, 4) is 11.4 Å². The van der Waals surface area contributed by atoms with Gasteiger partial charge < -0.3 is 4.74 Å². The van der Waals surface area contributed by atoms with Crippen molar-refractivity contribution in [2.24, 2.45) is 0 Å². The highest BCUT2D eigenvalue weighted by Gasteiger charge is 2.27. The molecule has 1 aromatic heterocycles. The standard InChI is InChI=1S/C16H17ClN2O2/c1-3-12-16-11(5-4-6-14(16)20)18-19(12)13-9-10(17)7-8-15(13)21-2/h7-9H,3-6H2,1-2H3. The summed E-state index contributed by atoms with van der Waals surface area (Å²) in [4.78, 5) is 12.2. The van der Waals surface area contributed by atoms with E-state index in [0.29, 0.717) is 17.2 Å². The van der Waals surface area contributed by atoms with Crippen LogP contribution in [0.5, 0.6) is 5.75 Å². The highest BCUT2D eigenvalue weighted by atomic mass is 35.5. The second-order valence-corrected chi connectivity index (χ2v) is 5.56. The molecule has 5 heteroatoms. The molecule has 0 saturated carbocycles. The molecule has 0 unspecified atom stereocenters. The number of Topliss-reactive ketones (excluding diaryl/α,β-unsaturated/α-hetero) is 1. The van der Waals surface area contributed by atoms with Gasteiger partial charge in [-0.05, 0) is 37.5 Å². The fourth-order valence-electron chi connectivity index (χ4n) is 2.90. The van der Waals surface area contributed by atoms with E-state index in [1.807, 2.05) is 23.7 Å². The van der Waals surface area contributed by atoms with Gasteiger partial charge in [0.25, 0.3) is 0 Å². The number of rotatable bonds is 3. The molecule has 0 fully saturated rings. The van der Waals surface area contributed by atoms with Crippen molar-refractivity contribution in [1.29, 1.82) is 0 Å². The molecule has 1 aromatic carbocycles. The van der Waals surface area contributed by atoms with E-state index in [1.165, 1.54) is 0 Å². The summed E-state index contributed by atoms with van der Waals surface area (Å²) in [6.07, 6.45) is 3.07. The van der Waals surface area contributed by atoms with E-state index in [-0.39, 0.29) is 5.78 Å². The van der Waals surface area contributed by atoms with Crippen molar-refractivity contribution in [3.05, 3.63) is 40.2 Å². The van der Waals surface area contributed by atoms with Gasteiger partial charge in [0.05, 0.1) is 24.1 Å². The molecule has 110 valence electrons. The molecule has 4 nitrogen and oxygen atoms in total. The van der Waals surface area contributed by atoms with Crippen molar-refractivity contribution in [1.82, 2.24) is 9.78 Å². The van der Waals surface area contributed by atoms with Crippen LogP contribution in [-0.4, -0.2) is 22.7 Å². The molecule has 3 rings (SSSR count). The molecule has 0 aliphatic heterocycles. The summed E-state index contributed by atoms with van der Waals surface area (Å²) in [5.74, 6) is 0.891. The Balaban J connectivity index is 2.24. The van der Waals surface area contributed by atoms with E-state index in [0.717, 1.165) is 41.9 Å². The number of hydrogen-bond donors (Lipinski definition) is 0. The maximum absolute atomic E-state index is 12.2. The Hall–Kier alpha value is -1.81. The lowest BCUT2D eigenvalue weighted by Gasteiger charge is -2.12. The number of halogens is 1. The molecule has 0 radical (unpaired) electrons.